The minimum Gasteiger partial charge on any atom is -0.311 e. The molecule has 31 heavy (non-hydrogen) atoms. The molecule has 0 bridgehead atoms. The van der Waals surface area contributed by atoms with E-state index in [1.807, 2.05) is 42.5 Å². The Kier molecular flexibility index (Phi) is 4.33. The zero-order chi connectivity index (χ0) is 21.5. The van der Waals surface area contributed by atoms with Crippen molar-refractivity contribution < 1.29 is 14.4 Å². The summed E-state index contributed by atoms with van der Waals surface area (Å²) in [7, 11) is 1.72. The summed E-state index contributed by atoms with van der Waals surface area (Å²) in [6.45, 7) is 0. The van der Waals surface area contributed by atoms with Crippen molar-refractivity contribution in [1.29, 1.82) is 0 Å². The molecule has 0 aliphatic carbocycles. The van der Waals surface area contributed by atoms with E-state index in [1.165, 1.54) is 6.20 Å². The first-order valence-corrected chi connectivity index (χ1v) is 9.75. The second-order valence-electron chi connectivity index (χ2n) is 7.29. The van der Waals surface area contributed by atoms with Gasteiger partial charge in [-0.25, -0.2) is 4.90 Å². The highest BCUT2D eigenvalue weighted by Crippen LogP contribution is 2.28. The van der Waals surface area contributed by atoms with Gasteiger partial charge in [-0.05, 0) is 59.3 Å². The van der Waals surface area contributed by atoms with Crippen LogP contribution in [0, 0.1) is 0 Å². The molecule has 1 aromatic heterocycles. The number of imide groups is 1. The van der Waals surface area contributed by atoms with E-state index in [0.29, 0.717) is 11.3 Å². The maximum absolute atomic E-state index is 13.0. The molecule has 0 fully saturated rings. The van der Waals surface area contributed by atoms with Gasteiger partial charge in [0, 0.05) is 24.5 Å². The van der Waals surface area contributed by atoms with Gasteiger partial charge in [0.25, 0.3) is 17.7 Å². The summed E-state index contributed by atoms with van der Waals surface area (Å²) in [6, 6.07) is 23.4. The molecular weight excluding hydrogens is 390 g/mol. The number of pyridine rings is 1. The van der Waals surface area contributed by atoms with E-state index < -0.39 is 11.8 Å². The lowest BCUT2D eigenvalue weighted by atomic mass is 10.1. The van der Waals surface area contributed by atoms with E-state index in [1.54, 1.807) is 48.3 Å². The number of hydrogen-bond acceptors (Lipinski definition) is 4. The molecule has 2 heterocycles. The maximum Gasteiger partial charge on any atom is 0.284 e. The fourth-order valence-electron chi connectivity index (χ4n) is 3.75. The fraction of sp³-hybridized carbons (Fsp3) is 0.0400. The number of nitrogens with zero attached hydrogens (tertiary/aromatic N) is 3. The van der Waals surface area contributed by atoms with Crippen molar-refractivity contribution in [2.24, 2.45) is 0 Å². The van der Waals surface area contributed by atoms with Crippen molar-refractivity contribution in [3.8, 4) is 0 Å². The van der Waals surface area contributed by atoms with Crippen LogP contribution >= 0.6 is 0 Å². The largest absolute Gasteiger partial charge is 0.311 e. The molecule has 0 spiro atoms. The van der Waals surface area contributed by atoms with Gasteiger partial charge in [0.05, 0.1) is 11.3 Å². The summed E-state index contributed by atoms with van der Waals surface area (Å²) in [5.74, 6) is -1.07. The molecule has 0 saturated carbocycles. The maximum atomic E-state index is 13.0. The van der Waals surface area contributed by atoms with Crippen molar-refractivity contribution in [3.63, 3.8) is 0 Å². The highest BCUT2D eigenvalue weighted by Gasteiger charge is 2.37. The molecule has 0 atom stereocenters. The molecule has 0 radical (unpaired) electrons. The molecule has 3 amide bonds. The number of anilines is 2. The third-order valence-electron chi connectivity index (χ3n) is 5.44. The first-order valence-electron chi connectivity index (χ1n) is 9.75. The van der Waals surface area contributed by atoms with Crippen LogP contribution in [0.3, 0.4) is 0 Å². The smallest absolute Gasteiger partial charge is 0.284 e. The number of amides is 3. The summed E-state index contributed by atoms with van der Waals surface area (Å²) < 4.78 is 0. The van der Waals surface area contributed by atoms with E-state index in [-0.39, 0.29) is 17.2 Å². The monoisotopic (exact) mass is 407 g/mol. The van der Waals surface area contributed by atoms with Crippen LogP contribution < -0.4 is 9.80 Å². The van der Waals surface area contributed by atoms with Crippen LogP contribution in [0.5, 0.6) is 0 Å². The van der Waals surface area contributed by atoms with E-state index in [4.69, 9.17) is 0 Å². The predicted molar refractivity (Wildman–Crippen MR) is 119 cm³/mol. The van der Waals surface area contributed by atoms with E-state index >= 15 is 0 Å². The zero-order valence-corrected chi connectivity index (χ0v) is 16.6. The van der Waals surface area contributed by atoms with Gasteiger partial charge in [-0.1, -0.05) is 30.3 Å². The molecule has 6 heteroatoms. The Morgan fingerprint density at radius 3 is 2.32 bits per heavy atom. The molecule has 0 unspecified atom stereocenters. The van der Waals surface area contributed by atoms with E-state index in [0.717, 1.165) is 21.4 Å². The first kappa shape index (κ1) is 18.7. The number of carbonyl (C=O) groups excluding carboxylic acids is 3. The topological polar surface area (TPSA) is 70.6 Å². The van der Waals surface area contributed by atoms with Crippen LogP contribution in [-0.4, -0.2) is 29.8 Å². The highest BCUT2D eigenvalue weighted by atomic mass is 16.2. The van der Waals surface area contributed by atoms with Gasteiger partial charge in [-0.2, -0.15) is 0 Å². The molecule has 3 aromatic carbocycles. The average Bonchev–Trinajstić information content (AvgIpc) is 3.08. The minimum absolute atomic E-state index is 0.142. The second kappa shape index (κ2) is 7.18. The Morgan fingerprint density at radius 1 is 0.839 bits per heavy atom. The zero-order valence-electron chi connectivity index (χ0n) is 16.6. The van der Waals surface area contributed by atoms with Crippen molar-refractivity contribution in [2.45, 2.75) is 0 Å². The number of benzene rings is 3. The minimum atomic E-state index is -0.465. The van der Waals surface area contributed by atoms with E-state index in [2.05, 4.69) is 4.98 Å². The lowest BCUT2D eigenvalue weighted by molar-refractivity contribution is 0.0923. The third-order valence-corrected chi connectivity index (χ3v) is 5.44. The van der Waals surface area contributed by atoms with Crippen LogP contribution in [0.2, 0.25) is 0 Å². The van der Waals surface area contributed by atoms with Crippen LogP contribution in [0.1, 0.15) is 31.2 Å². The average molecular weight is 407 g/mol. The Morgan fingerprint density at radius 2 is 1.58 bits per heavy atom. The predicted octanol–water partition coefficient (Wildman–Crippen LogP) is 4.31. The summed E-state index contributed by atoms with van der Waals surface area (Å²) in [4.78, 5) is 44.9. The first-order chi connectivity index (χ1) is 15.0. The third kappa shape index (κ3) is 3.05. The number of hydrogen-bond donors (Lipinski definition) is 0. The van der Waals surface area contributed by atoms with Gasteiger partial charge < -0.3 is 4.90 Å². The van der Waals surface area contributed by atoms with Crippen molar-refractivity contribution >= 4 is 39.9 Å². The molecule has 0 N–H and O–H groups in total. The quantitative estimate of drug-likeness (QED) is 0.475. The summed E-state index contributed by atoms with van der Waals surface area (Å²) in [6.07, 6.45) is 1.48. The molecule has 0 saturated heterocycles. The fourth-order valence-corrected chi connectivity index (χ4v) is 3.75. The number of rotatable bonds is 3. The van der Waals surface area contributed by atoms with Crippen LogP contribution in [0.15, 0.2) is 85.1 Å². The Hall–Kier alpha value is -4.32. The molecule has 1 aliphatic rings. The molecule has 5 rings (SSSR count). The summed E-state index contributed by atoms with van der Waals surface area (Å²) in [5, 5.41) is 2.15. The standard InChI is InChI=1S/C25H17N3O3/c1-27(20-13-8-16-5-2-3-6-18(16)15-20)23(29)17-9-11-19(12-10-17)28-24(30)21-7-4-14-26-22(21)25(28)31/h2-15H,1H3. The summed E-state index contributed by atoms with van der Waals surface area (Å²) in [5.41, 5.74) is 2.05. The SMILES string of the molecule is CN(C(=O)c1ccc(N2C(=O)c3cccnc3C2=O)cc1)c1ccc2ccccc2c1. The molecule has 150 valence electrons. The Balaban J connectivity index is 1.40. The normalized spacial score (nSPS) is 12.9. The lowest BCUT2D eigenvalue weighted by Crippen LogP contribution is -2.30. The van der Waals surface area contributed by atoms with Gasteiger partial charge in [0.15, 0.2) is 0 Å². The number of aromatic nitrogens is 1. The van der Waals surface area contributed by atoms with Crippen molar-refractivity contribution in [2.75, 3.05) is 16.8 Å². The Labute approximate surface area is 178 Å². The van der Waals surface area contributed by atoms with Gasteiger partial charge in [-0.3, -0.25) is 19.4 Å². The second-order valence-corrected chi connectivity index (χ2v) is 7.29. The number of fused-ring (bicyclic) bond motifs is 2. The van der Waals surface area contributed by atoms with Crippen LogP contribution in [-0.2, 0) is 0 Å². The van der Waals surface area contributed by atoms with Crippen molar-refractivity contribution in [1.82, 2.24) is 4.98 Å². The molecule has 4 aromatic rings. The lowest BCUT2D eigenvalue weighted by Gasteiger charge is -2.19. The van der Waals surface area contributed by atoms with E-state index in [9.17, 15) is 14.4 Å². The highest BCUT2D eigenvalue weighted by molar-refractivity contribution is 6.33. The van der Waals surface area contributed by atoms with Crippen LogP contribution in [0.25, 0.3) is 10.8 Å². The van der Waals surface area contributed by atoms with Gasteiger partial charge in [0.2, 0.25) is 0 Å². The van der Waals surface area contributed by atoms with Gasteiger partial charge >= 0.3 is 0 Å². The van der Waals surface area contributed by atoms with Crippen LogP contribution in [0.4, 0.5) is 11.4 Å². The van der Waals surface area contributed by atoms with Gasteiger partial charge in [0.1, 0.15) is 5.69 Å². The van der Waals surface area contributed by atoms with Gasteiger partial charge in [-0.15, -0.1) is 0 Å². The molecular formula is C25H17N3O3. The molecule has 6 nitrogen and oxygen atoms in total. The molecule has 1 aliphatic heterocycles. The summed E-state index contributed by atoms with van der Waals surface area (Å²) >= 11 is 0. The number of carbonyl (C=O) groups is 3. The Bertz CT molecular complexity index is 1330. The van der Waals surface area contributed by atoms with Crippen molar-refractivity contribution in [3.05, 3.63) is 102 Å².